The summed E-state index contributed by atoms with van der Waals surface area (Å²) in [6.07, 6.45) is 0. The van der Waals surface area contributed by atoms with Gasteiger partial charge in [0.05, 0.1) is 25.8 Å². The van der Waals surface area contributed by atoms with E-state index in [-0.39, 0.29) is 36.9 Å². The van der Waals surface area contributed by atoms with Crippen molar-refractivity contribution in [3.63, 3.8) is 0 Å². The van der Waals surface area contributed by atoms with E-state index in [1.165, 1.54) is 12.0 Å². The second kappa shape index (κ2) is 6.21. The van der Waals surface area contributed by atoms with Gasteiger partial charge in [0.2, 0.25) is 0 Å². The topological polar surface area (TPSA) is 78.9 Å². The van der Waals surface area contributed by atoms with Gasteiger partial charge in [0.15, 0.2) is 0 Å². The van der Waals surface area contributed by atoms with Gasteiger partial charge in [-0.05, 0) is 12.1 Å². The predicted octanol–water partition coefficient (Wildman–Crippen LogP) is 0.360. The summed E-state index contributed by atoms with van der Waals surface area (Å²) in [4.78, 5) is 25.4. The number of anilines is 1. The Kier molecular flexibility index (Phi) is 4.37. The maximum atomic E-state index is 12.2. The number of hydrogen-bond donors (Lipinski definition) is 2. The third kappa shape index (κ3) is 2.80. The van der Waals surface area contributed by atoms with Crippen LogP contribution >= 0.6 is 0 Å². The molecule has 1 aromatic carbocycles. The lowest BCUT2D eigenvalue weighted by Gasteiger charge is -2.14. The molecule has 1 aliphatic heterocycles. The first-order valence-corrected chi connectivity index (χ1v) is 6.21. The SMILES string of the molecule is COC(=O)C1=C(Nc2ccccc2)C(=O)N(CCO)C1. The molecule has 20 heavy (non-hydrogen) atoms. The summed E-state index contributed by atoms with van der Waals surface area (Å²) in [5.41, 5.74) is 1.19. The zero-order chi connectivity index (χ0) is 14.5. The molecule has 0 radical (unpaired) electrons. The zero-order valence-corrected chi connectivity index (χ0v) is 11.1. The van der Waals surface area contributed by atoms with Crippen molar-refractivity contribution in [1.82, 2.24) is 4.90 Å². The van der Waals surface area contributed by atoms with Crippen molar-refractivity contribution in [3.8, 4) is 0 Å². The Morgan fingerprint density at radius 1 is 1.40 bits per heavy atom. The van der Waals surface area contributed by atoms with Gasteiger partial charge in [-0.15, -0.1) is 0 Å². The fourth-order valence-electron chi connectivity index (χ4n) is 2.01. The number of carbonyl (C=O) groups excluding carboxylic acids is 2. The Labute approximate surface area is 116 Å². The molecule has 0 saturated heterocycles. The van der Waals surface area contributed by atoms with Gasteiger partial charge in [-0.1, -0.05) is 18.2 Å². The molecule has 2 N–H and O–H groups in total. The van der Waals surface area contributed by atoms with Crippen LogP contribution in [0.1, 0.15) is 0 Å². The number of β-amino-alcohol motifs (C(OH)–C–C–N with tert-alkyl or cyclic N) is 1. The number of hydrogen-bond acceptors (Lipinski definition) is 5. The number of carbonyl (C=O) groups is 2. The third-order valence-corrected chi connectivity index (χ3v) is 3.00. The number of ether oxygens (including phenoxy) is 1. The average molecular weight is 276 g/mol. The van der Waals surface area contributed by atoms with Crippen LogP contribution in [0.2, 0.25) is 0 Å². The van der Waals surface area contributed by atoms with E-state index < -0.39 is 5.97 Å². The Morgan fingerprint density at radius 2 is 2.10 bits per heavy atom. The maximum Gasteiger partial charge on any atom is 0.337 e. The number of para-hydroxylation sites is 1. The highest BCUT2D eigenvalue weighted by Gasteiger charge is 2.34. The van der Waals surface area contributed by atoms with Gasteiger partial charge in [-0.3, -0.25) is 4.79 Å². The molecule has 1 aromatic rings. The second-order valence-electron chi connectivity index (χ2n) is 4.29. The molecule has 1 amide bonds. The van der Waals surface area contributed by atoms with Gasteiger partial charge in [0.1, 0.15) is 5.70 Å². The molecular formula is C14H16N2O4. The monoisotopic (exact) mass is 276 g/mol. The predicted molar refractivity (Wildman–Crippen MR) is 72.8 cm³/mol. The minimum Gasteiger partial charge on any atom is -0.466 e. The zero-order valence-electron chi connectivity index (χ0n) is 11.1. The number of rotatable bonds is 5. The molecular weight excluding hydrogens is 260 g/mol. The maximum absolute atomic E-state index is 12.2. The number of aliphatic hydroxyl groups is 1. The van der Waals surface area contributed by atoms with Crippen LogP contribution in [-0.4, -0.2) is 48.7 Å². The van der Waals surface area contributed by atoms with Gasteiger partial charge in [-0.2, -0.15) is 0 Å². The highest BCUT2D eigenvalue weighted by atomic mass is 16.5. The standard InChI is InChI=1S/C14H16N2O4/c1-20-14(19)11-9-16(7-8-17)13(18)12(11)15-10-5-3-2-4-6-10/h2-6,15,17H,7-9H2,1H3. The van der Waals surface area contributed by atoms with E-state index in [0.29, 0.717) is 5.69 Å². The molecule has 0 saturated carbocycles. The van der Waals surface area contributed by atoms with Crippen molar-refractivity contribution >= 4 is 17.6 Å². The van der Waals surface area contributed by atoms with E-state index >= 15 is 0 Å². The van der Waals surface area contributed by atoms with Crippen molar-refractivity contribution in [2.24, 2.45) is 0 Å². The van der Waals surface area contributed by atoms with Crippen LogP contribution in [-0.2, 0) is 14.3 Å². The lowest BCUT2D eigenvalue weighted by molar-refractivity contribution is -0.136. The molecule has 0 spiro atoms. The smallest absolute Gasteiger partial charge is 0.337 e. The summed E-state index contributed by atoms with van der Waals surface area (Å²) in [5.74, 6) is -0.861. The molecule has 106 valence electrons. The van der Waals surface area contributed by atoms with Crippen LogP contribution in [0.25, 0.3) is 0 Å². The fourth-order valence-corrected chi connectivity index (χ4v) is 2.01. The summed E-state index contributed by atoms with van der Waals surface area (Å²) in [6, 6.07) is 9.10. The second-order valence-corrected chi connectivity index (χ2v) is 4.29. The number of esters is 1. The molecule has 6 heteroatoms. The largest absolute Gasteiger partial charge is 0.466 e. The highest BCUT2D eigenvalue weighted by molar-refractivity contribution is 6.08. The Balaban J connectivity index is 2.28. The van der Waals surface area contributed by atoms with Crippen molar-refractivity contribution in [3.05, 3.63) is 41.6 Å². The number of amides is 1. The first kappa shape index (κ1) is 14.1. The van der Waals surface area contributed by atoms with Gasteiger partial charge in [-0.25, -0.2) is 4.79 Å². The molecule has 0 aromatic heterocycles. The highest BCUT2D eigenvalue weighted by Crippen LogP contribution is 2.22. The molecule has 0 unspecified atom stereocenters. The molecule has 0 bridgehead atoms. The molecule has 0 aliphatic carbocycles. The normalized spacial score (nSPS) is 14.7. The van der Waals surface area contributed by atoms with E-state index in [4.69, 9.17) is 9.84 Å². The summed E-state index contributed by atoms with van der Waals surface area (Å²) in [7, 11) is 1.27. The molecule has 0 fully saturated rings. The van der Waals surface area contributed by atoms with E-state index in [2.05, 4.69) is 5.32 Å². The van der Waals surface area contributed by atoms with Gasteiger partial charge in [0, 0.05) is 12.2 Å². The molecule has 1 heterocycles. The van der Waals surface area contributed by atoms with Crippen LogP contribution in [0, 0.1) is 0 Å². The summed E-state index contributed by atoms with van der Waals surface area (Å²) in [6.45, 7) is 0.166. The van der Waals surface area contributed by atoms with Gasteiger partial charge >= 0.3 is 5.97 Å². The Morgan fingerprint density at radius 3 is 2.70 bits per heavy atom. The molecule has 6 nitrogen and oxygen atoms in total. The minimum atomic E-state index is -0.544. The van der Waals surface area contributed by atoms with E-state index in [1.54, 1.807) is 12.1 Å². The lowest BCUT2D eigenvalue weighted by atomic mass is 10.2. The van der Waals surface area contributed by atoms with E-state index in [0.717, 1.165) is 0 Å². The number of nitrogens with zero attached hydrogens (tertiary/aromatic N) is 1. The van der Waals surface area contributed by atoms with Gasteiger partial charge in [0.25, 0.3) is 5.91 Å². The lowest BCUT2D eigenvalue weighted by Crippen LogP contribution is -2.31. The van der Waals surface area contributed by atoms with Crippen molar-refractivity contribution in [2.75, 3.05) is 32.1 Å². The van der Waals surface area contributed by atoms with Crippen LogP contribution in [0.5, 0.6) is 0 Å². The van der Waals surface area contributed by atoms with Crippen molar-refractivity contribution in [2.45, 2.75) is 0 Å². The van der Waals surface area contributed by atoms with Crippen molar-refractivity contribution in [1.29, 1.82) is 0 Å². The van der Waals surface area contributed by atoms with Crippen molar-refractivity contribution < 1.29 is 19.4 Å². The summed E-state index contributed by atoms with van der Waals surface area (Å²) < 4.78 is 4.70. The Bertz CT molecular complexity index is 539. The first-order valence-electron chi connectivity index (χ1n) is 6.21. The number of benzene rings is 1. The van der Waals surface area contributed by atoms with Crippen LogP contribution < -0.4 is 5.32 Å². The Hall–Kier alpha value is -2.34. The first-order chi connectivity index (χ1) is 9.67. The minimum absolute atomic E-state index is 0.140. The van der Waals surface area contributed by atoms with Crippen LogP contribution in [0.4, 0.5) is 5.69 Å². The van der Waals surface area contributed by atoms with E-state index in [1.807, 2.05) is 18.2 Å². The number of methoxy groups -OCH3 is 1. The van der Waals surface area contributed by atoms with E-state index in [9.17, 15) is 9.59 Å². The number of nitrogens with one attached hydrogen (secondary N) is 1. The number of aliphatic hydroxyl groups excluding tert-OH is 1. The van der Waals surface area contributed by atoms with Crippen LogP contribution in [0.15, 0.2) is 41.6 Å². The summed E-state index contributed by atoms with van der Waals surface area (Å²) >= 11 is 0. The molecule has 1 aliphatic rings. The quantitative estimate of drug-likeness (QED) is 0.759. The van der Waals surface area contributed by atoms with Gasteiger partial charge < -0.3 is 20.1 Å². The van der Waals surface area contributed by atoms with Crippen LogP contribution in [0.3, 0.4) is 0 Å². The third-order valence-electron chi connectivity index (χ3n) is 3.00. The fraction of sp³-hybridized carbons (Fsp3) is 0.286. The summed E-state index contributed by atoms with van der Waals surface area (Å²) in [5, 5.41) is 11.9. The average Bonchev–Trinajstić information content (AvgIpc) is 2.77. The molecule has 2 rings (SSSR count). The molecule has 0 atom stereocenters.